The summed E-state index contributed by atoms with van der Waals surface area (Å²) in [6, 6.07) is 6.02. The normalized spacial score (nSPS) is 25.2. The maximum absolute atomic E-state index is 12.2. The van der Waals surface area contributed by atoms with Crippen LogP contribution >= 0.6 is 0 Å². The maximum atomic E-state index is 12.2. The Balaban J connectivity index is 1.86. The summed E-state index contributed by atoms with van der Waals surface area (Å²) in [7, 11) is 0. The van der Waals surface area contributed by atoms with Crippen LogP contribution in [0.4, 0.5) is 11.4 Å². The summed E-state index contributed by atoms with van der Waals surface area (Å²) in [5.74, 6) is -2.36. The van der Waals surface area contributed by atoms with Crippen LogP contribution in [0.25, 0.3) is 0 Å². The van der Waals surface area contributed by atoms with E-state index in [4.69, 9.17) is 5.11 Å². The molecule has 0 saturated carbocycles. The molecule has 0 radical (unpaired) electrons. The van der Waals surface area contributed by atoms with Gasteiger partial charge in [-0.1, -0.05) is 0 Å². The lowest BCUT2D eigenvalue weighted by Gasteiger charge is -2.34. The van der Waals surface area contributed by atoms with E-state index >= 15 is 0 Å². The maximum Gasteiger partial charge on any atom is 0.316 e. The van der Waals surface area contributed by atoms with Gasteiger partial charge in [-0.15, -0.1) is 0 Å². The zero-order valence-corrected chi connectivity index (χ0v) is 11.9. The number of carboxylic acid groups (broad SMARTS) is 1. The molecule has 112 valence electrons. The fourth-order valence-electron chi connectivity index (χ4n) is 2.95. The summed E-state index contributed by atoms with van der Waals surface area (Å²) in [4.78, 5) is 25.5. The van der Waals surface area contributed by atoms with Crippen molar-refractivity contribution in [2.45, 2.75) is 13.0 Å². The van der Waals surface area contributed by atoms with E-state index in [2.05, 4.69) is 22.5 Å². The molecule has 0 aliphatic carbocycles. The van der Waals surface area contributed by atoms with Crippen molar-refractivity contribution >= 4 is 23.1 Å². The fourth-order valence-corrected chi connectivity index (χ4v) is 2.95. The largest absolute Gasteiger partial charge is 0.481 e. The highest BCUT2D eigenvalue weighted by atomic mass is 16.4. The molecule has 0 amide bonds. The van der Waals surface area contributed by atoms with E-state index in [1.165, 1.54) is 0 Å². The van der Waals surface area contributed by atoms with E-state index in [1.54, 1.807) is 6.07 Å². The highest BCUT2D eigenvalue weighted by Crippen LogP contribution is 2.30. The van der Waals surface area contributed by atoms with Crippen molar-refractivity contribution in [2.24, 2.45) is 5.92 Å². The molecular weight excluding hydrogens is 270 g/mol. The number of piperazine rings is 1. The predicted octanol–water partition coefficient (Wildman–Crippen LogP) is 0.794. The van der Waals surface area contributed by atoms with Crippen LogP contribution in [-0.2, 0) is 4.79 Å². The molecule has 0 aromatic heterocycles. The van der Waals surface area contributed by atoms with Crippen LogP contribution < -0.4 is 15.5 Å². The van der Waals surface area contributed by atoms with Gasteiger partial charge in [0.15, 0.2) is 5.78 Å². The summed E-state index contributed by atoms with van der Waals surface area (Å²) in [5.41, 5.74) is 2.28. The molecule has 2 heterocycles. The van der Waals surface area contributed by atoms with Crippen molar-refractivity contribution in [3.63, 3.8) is 0 Å². The van der Waals surface area contributed by atoms with Gasteiger partial charge in [-0.2, -0.15) is 0 Å². The molecule has 1 aromatic rings. The van der Waals surface area contributed by atoms with E-state index < -0.39 is 11.9 Å². The van der Waals surface area contributed by atoms with Crippen LogP contribution in [0.15, 0.2) is 18.2 Å². The van der Waals surface area contributed by atoms with E-state index in [9.17, 15) is 9.59 Å². The van der Waals surface area contributed by atoms with Gasteiger partial charge in [-0.25, -0.2) is 0 Å². The number of aliphatic carboxylic acids is 1. The van der Waals surface area contributed by atoms with Crippen molar-refractivity contribution in [3.8, 4) is 0 Å². The molecule has 2 unspecified atom stereocenters. The number of benzene rings is 1. The second-order valence-electron chi connectivity index (χ2n) is 5.67. The molecule has 2 aliphatic heterocycles. The molecule has 1 aromatic carbocycles. The summed E-state index contributed by atoms with van der Waals surface area (Å²) in [6.07, 6.45) is 0. The standard InChI is InChI=1S/C15H19N3O3/c1-9-8-18(5-4-16-9)10-2-3-11-13(6-10)17-7-12(14(11)19)15(20)21/h2-3,6,9,12,16-17H,4-5,7-8H2,1H3,(H,20,21). The number of nitrogens with one attached hydrogen (secondary N) is 2. The molecule has 2 aliphatic rings. The Morgan fingerprint density at radius 2 is 2.24 bits per heavy atom. The molecular formula is C15H19N3O3. The Hall–Kier alpha value is -2.08. The number of fused-ring (bicyclic) bond motifs is 1. The lowest BCUT2D eigenvalue weighted by atomic mass is 9.92. The molecule has 0 bridgehead atoms. The second-order valence-corrected chi connectivity index (χ2v) is 5.67. The van der Waals surface area contributed by atoms with Crippen LogP contribution in [0.3, 0.4) is 0 Å². The average Bonchev–Trinajstić information content (AvgIpc) is 2.47. The van der Waals surface area contributed by atoms with E-state index in [0.717, 1.165) is 31.0 Å². The van der Waals surface area contributed by atoms with Crippen molar-refractivity contribution in [1.82, 2.24) is 5.32 Å². The topological polar surface area (TPSA) is 81.7 Å². The fraction of sp³-hybridized carbons (Fsp3) is 0.467. The van der Waals surface area contributed by atoms with E-state index in [-0.39, 0.29) is 12.3 Å². The third-order valence-electron chi connectivity index (χ3n) is 4.11. The minimum absolute atomic E-state index is 0.155. The number of hydrogen-bond acceptors (Lipinski definition) is 5. The highest BCUT2D eigenvalue weighted by Gasteiger charge is 2.33. The van der Waals surface area contributed by atoms with Crippen molar-refractivity contribution in [1.29, 1.82) is 0 Å². The smallest absolute Gasteiger partial charge is 0.316 e. The number of Topliss-reactive ketones (excluding diaryl/α,β-unsaturated/α-hetero) is 1. The molecule has 21 heavy (non-hydrogen) atoms. The summed E-state index contributed by atoms with van der Waals surface area (Å²) >= 11 is 0. The van der Waals surface area contributed by atoms with Gasteiger partial charge in [-0.05, 0) is 25.1 Å². The first kappa shape index (κ1) is 13.9. The van der Waals surface area contributed by atoms with Gasteiger partial charge >= 0.3 is 5.97 Å². The van der Waals surface area contributed by atoms with Gasteiger partial charge in [0.1, 0.15) is 5.92 Å². The summed E-state index contributed by atoms with van der Waals surface area (Å²) in [5, 5.41) is 15.5. The summed E-state index contributed by atoms with van der Waals surface area (Å²) in [6.45, 7) is 5.08. The number of nitrogens with zero attached hydrogens (tertiary/aromatic N) is 1. The molecule has 1 fully saturated rings. The van der Waals surface area contributed by atoms with Gasteiger partial charge in [0.05, 0.1) is 0 Å². The number of carbonyl (C=O) groups excluding carboxylic acids is 1. The Morgan fingerprint density at radius 1 is 1.43 bits per heavy atom. The molecule has 3 rings (SSSR count). The first-order valence-electron chi connectivity index (χ1n) is 7.19. The van der Waals surface area contributed by atoms with Crippen LogP contribution in [-0.4, -0.2) is 49.1 Å². The Kier molecular flexibility index (Phi) is 3.55. The van der Waals surface area contributed by atoms with Crippen LogP contribution in [0, 0.1) is 5.92 Å². The van der Waals surface area contributed by atoms with Crippen LogP contribution in [0.1, 0.15) is 17.3 Å². The number of anilines is 2. The number of carbonyl (C=O) groups is 2. The van der Waals surface area contributed by atoms with Gasteiger partial charge in [0.2, 0.25) is 0 Å². The zero-order valence-electron chi connectivity index (χ0n) is 11.9. The Bertz CT molecular complexity index is 588. The van der Waals surface area contributed by atoms with Gasteiger partial charge in [0.25, 0.3) is 0 Å². The van der Waals surface area contributed by atoms with Crippen molar-refractivity contribution < 1.29 is 14.7 Å². The second kappa shape index (κ2) is 5.37. The molecule has 6 heteroatoms. The third-order valence-corrected chi connectivity index (χ3v) is 4.11. The first-order valence-corrected chi connectivity index (χ1v) is 7.19. The highest BCUT2D eigenvalue weighted by molar-refractivity contribution is 6.13. The number of carboxylic acids is 1. The zero-order chi connectivity index (χ0) is 15.0. The quantitative estimate of drug-likeness (QED) is 0.699. The molecule has 3 N–H and O–H groups in total. The van der Waals surface area contributed by atoms with E-state index in [0.29, 0.717) is 11.6 Å². The minimum Gasteiger partial charge on any atom is -0.481 e. The molecule has 6 nitrogen and oxygen atoms in total. The van der Waals surface area contributed by atoms with Gasteiger partial charge < -0.3 is 20.6 Å². The lowest BCUT2D eigenvalue weighted by molar-refractivity contribution is -0.139. The van der Waals surface area contributed by atoms with Crippen LogP contribution in [0.2, 0.25) is 0 Å². The predicted molar refractivity (Wildman–Crippen MR) is 80.1 cm³/mol. The van der Waals surface area contributed by atoms with Gasteiger partial charge in [-0.3, -0.25) is 9.59 Å². The SMILES string of the molecule is CC1CN(c2ccc3c(c2)NCC(C(=O)O)C3=O)CCN1. The molecule has 0 spiro atoms. The Morgan fingerprint density at radius 3 is 2.95 bits per heavy atom. The lowest BCUT2D eigenvalue weighted by Crippen LogP contribution is -2.49. The minimum atomic E-state index is -1.07. The first-order chi connectivity index (χ1) is 10.1. The summed E-state index contributed by atoms with van der Waals surface area (Å²) < 4.78 is 0. The Labute approximate surface area is 123 Å². The third kappa shape index (κ3) is 2.58. The monoisotopic (exact) mass is 289 g/mol. The van der Waals surface area contributed by atoms with Crippen LogP contribution in [0.5, 0.6) is 0 Å². The number of hydrogen-bond donors (Lipinski definition) is 3. The van der Waals surface area contributed by atoms with Crippen molar-refractivity contribution in [2.75, 3.05) is 36.4 Å². The number of rotatable bonds is 2. The van der Waals surface area contributed by atoms with Crippen molar-refractivity contribution in [3.05, 3.63) is 23.8 Å². The van der Waals surface area contributed by atoms with E-state index in [1.807, 2.05) is 12.1 Å². The average molecular weight is 289 g/mol. The molecule has 1 saturated heterocycles. The molecule has 2 atom stereocenters. The number of ketones is 1. The van der Waals surface area contributed by atoms with Gasteiger partial charge in [0, 0.05) is 49.2 Å².